The van der Waals surface area contributed by atoms with Gasteiger partial charge in [-0.3, -0.25) is 14.4 Å². The summed E-state index contributed by atoms with van der Waals surface area (Å²) in [6.45, 7) is 0. The fourth-order valence-electron chi connectivity index (χ4n) is 5.87. The van der Waals surface area contributed by atoms with Gasteiger partial charge >= 0.3 is 0 Å². The van der Waals surface area contributed by atoms with Gasteiger partial charge in [0.1, 0.15) is 17.5 Å². The van der Waals surface area contributed by atoms with Gasteiger partial charge in [-0.05, 0) is 59.7 Å². The number of amides is 2. The molecule has 7 nitrogen and oxygen atoms in total. The number of benzene rings is 3. The highest BCUT2D eigenvalue weighted by molar-refractivity contribution is 9.10. The molecule has 6 rings (SSSR count). The highest BCUT2D eigenvalue weighted by atomic mass is 79.9. The number of hydrogen-bond acceptors (Lipinski definition) is 6. The smallest absolute Gasteiger partial charge is 0.240 e. The summed E-state index contributed by atoms with van der Waals surface area (Å²) in [6.07, 6.45) is 3.77. The first-order valence-electron chi connectivity index (χ1n) is 11.9. The number of hydrogen-bond donors (Lipinski definition) is 0. The van der Waals surface area contributed by atoms with Crippen LogP contribution >= 0.6 is 15.9 Å². The molecule has 2 saturated heterocycles. The van der Waals surface area contributed by atoms with Gasteiger partial charge in [-0.2, -0.15) is 0 Å². The third-order valence-electron chi connectivity index (χ3n) is 7.49. The van der Waals surface area contributed by atoms with Crippen molar-refractivity contribution >= 4 is 45.3 Å². The van der Waals surface area contributed by atoms with Crippen molar-refractivity contribution in [2.75, 3.05) is 19.1 Å². The lowest BCUT2D eigenvalue weighted by Gasteiger charge is -2.35. The summed E-state index contributed by atoms with van der Waals surface area (Å²) in [5.41, 5.74) is 2.69. The molecule has 0 unspecified atom stereocenters. The zero-order valence-corrected chi connectivity index (χ0v) is 21.7. The van der Waals surface area contributed by atoms with Gasteiger partial charge in [-0.15, -0.1) is 0 Å². The summed E-state index contributed by atoms with van der Waals surface area (Å²) in [5.74, 6) is -1.67. The van der Waals surface area contributed by atoms with Crippen molar-refractivity contribution in [2.24, 2.45) is 11.8 Å². The van der Waals surface area contributed by atoms with Crippen LogP contribution in [0, 0.1) is 11.8 Å². The second-order valence-electron chi connectivity index (χ2n) is 9.25. The number of ether oxygens (including phenoxy) is 2. The van der Waals surface area contributed by atoms with Crippen LogP contribution in [0.15, 0.2) is 77.4 Å². The Morgan fingerprint density at radius 1 is 0.892 bits per heavy atom. The van der Waals surface area contributed by atoms with Gasteiger partial charge in [0.05, 0.1) is 43.3 Å². The van der Waals surface area contributed by atoms with Crippen molar-refractivity contribution in [3.63, 3.8) is 0 Å². The Morgan fingerprint density at radius 2 is 1.62 bits per heavy atom. The molecule has 3 aliphatic rings. The molecule has 3 aromatic rings. The summed E-state index contributed by atoms with van der Waals surface area (Å²) in [5, 5.41) is 0. The number of halogens is 1. The van der Waals surface area contributed by atoms with Crippen molar-refractivity contribution in [1.29, 1.82) is 0 Å². The molecule has 4 atom stereocenters. The number of carbonyl (C=O) groups excluding carboxylic acids is 3. The first-order chi connectivity index (χ1) is 17.9. The van der Waals surface area contributed by atoms with Crippen LogP contribution in [0.3, 0.4) is 0 Å². The zero-order chi connectivity index (χ0) is 25.8. The predicted molar refractivity (Wildman–Crippen MR) is 141 cm³/mol. The average molecular weight is 559 g/mol. The molecule has 3 aliphatic heterocycles. The second-order valence-corrected chi connectivity index (χ2v) is 10.2. The summed E-state index contributed by atoms with van der Waals surface area (Å²) in [4.78, 5) is 45.3. The Hall–Kier alpha value is -3.91. The molecule has 0 N–H and O–H groups in total. The monoisotopic (exact) mass is 558 g/mol. The maximum atomic E-state index is 14.2. The summed E-state index contributed by atoms with van der Waals surface area (Å²) in [7, 11) is 3.02. The molecule has 2 amide bonds. The fourth-order valence-corrected chi connectivity index (χ4v) is 6.13. The number of fused-ring (bicyclic) bond motifs is 5. The van der Waals surface area contributed by atoms with Gasteiger partial charge in [0, 0.05) is 10.7 Å². The highest BCUT2D eigenvalue weighted by Gasteiger charge is 2.64. The van der Waals surface area contributed by atoms with E-state index in [9.17, 15) is 14.4 Å². The number of anilines is 1. The SMILES string of the molecule is COc1ccc(OC)c(C(=O)[C@@H]2[C@@H]3C(=O)N(c4ccc(Br)cc4)C(=O)[C@@H]3[C@H]3c4ccccc4C=CN23)c1. The molecule has 186 valence electrons. The molecular formula is C29H23BrN2O5. The normalized spacial score (nSPS) is 23.5. The molecule has 0 spiro atoms. The number of methoxy groups -OCH3 is 2. The number of ketones is 1. The minimum atomic E-state index is -0.891. The molecule has 0 aromatic heterocycles. The van der Waals surface area contributed by atoms with Crippen LogP contribution in [0.5, 0.6) is 11.5 Å². The Kier molecular flexibility index (Phi) is 5.64. The average Bonchev–Trinajstić information content (AvgIpc) is 3.40. The van der Waals surface area contributed by atoms with E-state index in [0.717, 1.165) is 15.6 Å². The predicted octanol–water partition coefficient (Wildman–Crippen LogP) is 4.86. The maximum Gasteiger partial charge on any atom is 0.240 e. The molecule has 37 heavy (non-hydrogen) atoms. The number of rotatable bonds is 5. The maximum absolute atomic E-state index is 14.2. The van der Waals surface area contributed by atoms with Crippen molar-refractivity contribution in [3.05, 3.63) is 94.1 Å². The van der Waals surface area contributed by atoms with Gasteiger partial charge in [-0.1, -0.05) is 40.2 Å². The van der Waals surface area contributed by atoms with Gasteiger partial charge < -0.3 is 14.4 Å². The van der Waals surface area contributed by atoms with Crippen LogP contribution in [0.2, 0.25) is 0 Å². The first-order valence-corrected chi connectivity index (χ1v) is 12.7. The van der Waals surface area contributed by atoms with Gasteiger partial charge in [0.25, 0.3) is 0 Å². The number of nitrogens with zero attached hydrogens (tertiary/aromatic N) is 2. The van der Waals surface area contributed by atoms with Crippen molar-refractivity contribution in [3.8, 4) is 11.5 Å². The molecule has 2 fully saturated rings. The van der Waals surface area contributed by atoms with Crippen LogP contribution < -0.4 is 14.4 Å². The van der Waals surface area contributed by atoms with Crippen molar-refractivity contribution < 1.29 is 23.9 Å². The lowest BCUT2D eigenvalue weighted by molar-refractivity contribution is -0.123. The number of imide groups is 1. The Bertz CT molecular complexity index is 1470. The minimum absolute atomic E-state index is 0.295. The molecule has 8 heteroatoms. The summed E-state index contributed by atoms with van der Waals surface area (Å²) < 4.78 is 11.7. The first kappa shape index (κ1) is 23.5. The van der Waals surface area contributed by atoms with E-state index in [2.05, 4.69) is 15.9 Å². The quantitative estimate of drug-likeness (QED) is 0.328. The lowest BCUT2D eigenvalue weighted by Crippen LogP contribution is -2.44. The van der Waals surface area contributed by atoms with Crippen LogP contribution in [-0.2, 0) is 9.59 Å². The molecule has 3 aromatic carbocycles. The third-order valence-corrected chi connectivity index (χ3v) is 8.02. The van der Waals surface area contributed by atoms with E-state index >= 15 is 0 Å². The van der Waals surface area contributed by atoms with Crippen LogP contribution in [0.1, 0.15) is 27.5 Å². The molecular weight excluding hydrogens is 536 g/mol. The Labute approximate surface area is 222 Å². The second kappa shape index (κ2) is 8.88. The zero-order valence-electron chi connectivity index (χ0n) is 20.1. The lowest BCUT2D eigenvalue weighted by atomic mass is 9.83. The van der Waals surface area contributed by atoms with Crippen molar-refractivity contribution in [2.45, 2.75) is 12.1 Å². The Morgan fingerprint density at radius 3 is 2.35 bits per heavy atom. The van der Waals surface area contributed by atoms with Gasteiger partial charge in [0.15, 0.2) is 5.78 Å². The van der Waals surface area contributed by atoms with E-state index < -0.39 is 23.9 Å². The minimum Gasteiger partial charge on any atom is -0.497 e. The number of Topliss-reactive ketones (excluding diaryl/α,β-unsaturated/α-hetero) is 1. The number of carbonyl (C=O) groups is 3. The van der Waals surface area contributed by atoms with Crippen molar-refractivity contribution in [1.82, 2.24) is 4.90 Å². The van der Waals surface area contributed by atoms with E-state index in [-0.39, 0.29) is 17.6 Å². The van der Waals surface area contributed by atoms with E-state index in [1.54, 1.807) is 42.5 Å². The standard InChI is InChI=1S/C29H23BrN2O5/c1-36-19-11-12-22(37-2)21(15-19)27(33)26-24-23(25-20-6-4-3-5-16(20)13-14-31(25)26)28(34)32(29(24)35)18-9-7-17(30)8-10-18/h3-15,23-26H,1-2H3/t23-,24+,25+,26-/m0/s1. The fraction of sp³-hybridized carbons (Fsp3) is 0.207. The van der Waals surface area contributed by atoms with Crippen LogP contribution in [-0.4, -0.2) is 42.8 Å². The van der Waals surface area contributed by atoms with Gasteiger partial charge in [0.2, 0.25) is 11.8 Å². The highest BCUT2D eigenvalue weighted by Crippen LogP contribution is 2.54. The van der Waals surface area contributed by atoms with Crippen LogP contribution in [0.4, 0.5) is 5.69 Å². The molecule has 0 bridgehead atoms. The largest absolute Gasteiger partial charge is 0.497 e. The molecule has 0 saturated carbocycles. The summed E-state index contributed by atoms with van der Waals surface area (Å²) >= 11 is 3.41. The third kappa shape index (κ3) is 3.50. The van der Waals surface area contributed by atoms with E-state index in [1.807, 2.05) is 41.4 Å². The molecule has 0 radical (unpaired) electrons. The topological polar surface area (TPSA) is 76.1 Å². The molecule has 0 aliphatic carbocycles. The summed E-state index contributed by atoms with van der Waals surface area (Å²) in [6, 6.07) is 18.5. The Balaban J connectivity index is 1.51. The molecule has 3 heterocycles. The van der Waals surface area contributed by atoms with Gasteiger partial charge in [-0.25, -0.2) is 4.90 Å². The van der Waals surface area contributed by atoms with E-state index in [1.165, 1.54) is 19.1 Å². The van der Waals surface area contributed by atoms with E-state index in [0.29, 0.717) is 22.7 Å². The van der Waals surface area contributed by atoms with E-state index in [4.69, 9.17) is 9.47 Å². The van der Waals surface area contributed by atoms with Crippen LogP contribution in [0.25, 0.3) is 6.08 Å².